The van der Waals surface area contributed by atoms with Crippen LogP contribution in [0.4, 0.5) is 0 Å². The number of hydrogen-bond donors (Lipinski definition) is 0. The molecule has 0 aromatic rings. The second-order valence-electron chi connectivity index (χ2n) is 17.8. The topological polar surface area (TPSA) is 231 Å². The largest absolute Gasteiger partial charge is 0.382 e. The van der Waals surface area contributed by atoms with Gasteiger partial charge in [-0.2, -0.15) is 0 Å². The van der Waals surface area contributed by atoms with Gasteiger partial charge >= 0.3 is 0 Å². The van der Waals surface area contributed by atoms with Crippen molar-refractivity contribution >= 4 is 0 Å². The Hall–Kier alpha value is -1.00. The average Bonchev–Trinajstić information content (AvgIpc) is 4.12. The maximum absolute atomic E-state index is 7.11. The van der Waals surface area contributed by atoms with E-state index in [1.54, 1.807) is 35.5 Å². The highest BCUT2D eigenvalue weighted by Crippen LogP contribution is 2.48. The van der Waals surface area contributed by atoms with Crippen LogP contribution in [-0.4, -0.2) is 293 Å². The van der Waals surface area contributed by atoms with E-state index in [0.717, 1.165) is 0 Å². The summed E-state index contributed by atoms with van der Waals surface area (Å²) < 4.78 is 160. The van der Waals surface area contributed by atoms with Crippen molar-refractivity contribution in [1.29, 1.82) is 0 Å². The molecule has 0 N–H and O–H groups in total. The van der Waals surface area contributed by atoms with Gasteiger partial charge in [-0.15, -0.1) is 0 Å². The molecule has 20 atom stereocenters. The Morgan fingerprint density at radius 3 is 0.529 bits per heavy atom. The van der Waals surface area contributed by atoms with Crippen LogP contribution in [0.1, 0.15) is 0 Å². The molecule has 0 bridgehead atoms. The summed E-state index contributed by atoms with van der Waals surface area (Å²) in [5, 5.41) is 0. The lowest BCUT2D eigenvalue weighted by atomic mass is 10.0. The third kappa shape index (κ3) is 10.9. The predicted molar refractivity (Wildman–Crippen MR) is 235 cm³/mol. The van der Waals surface area contributed by atoms with Crippen molar-refractivity contribution in [2.45, 2.75) is 120 Å². The van der Waals surface area contributed by atoms with E-state index in [2.05, 4.69) is 0 Å². The zero-order valence-corrected chi connectivity index (χ0v) is 43.4. The van der Waals surface area contributed by atoms with Crippen LogP contribution < -0.4 is 0 Å². The van der Waals surface area contributed by atoms with Crippen molar-refractivity contribution in [2.24, 2.45) is 0 Å². The molecule has 0 aliphatic carbocycles. The van der Waals surface area contributed by atoms with E-state index in [4.69, 9.17) is 118 Å². The predicted octanol–water partition coefficient (Wildman–Crippen LogP) is -1.06. The summed E-state index contributed by atoms with van der Waals surface area (Å²) in [5.41, 5.74) is 0. The van der Waals surface area contributed by atoms with Crippen LogP contribution in [0.5, 0.6) is 0 Å². The van der Waals surface area contributed by atoms with E-state index < -0.39 is 154 Å². The third-order valence-corrected chi connectivity index (χ3v) is 14.1. The zero-order valence-electron chi connectivity index (χ0n) is 43.4. The SMILES string of the molecule is COC[C@H]1O[C@]2(CO[C@]3(CO[C@]4(CO[C@]5(CO[C@]6(CO2)O[C@H](COC)[C@@H](OC)[C@@H]6OC)O[C@H](COC)[C@@H](OC)[C@@H]5OC)O[C@H](COC)[C@@H](OC)[C@@H]4OC)O[C@H](COC)[C@@H](OC)[C@@H]3OC)[C@@H](OC)[C@@H]1OC. The number of methoxy groups -OCH3 is 15. The van der Waals surface area contributed by atoms with Crippen molar-refractivity contribution in [3.8, 4) is 0 Å². The molecule has 6 fully saturated rings. The van der Waals surface area contributed by atoms with E-state index in [1.165, 1.54) is 71.1 Å². The van der Waals surface area contributed by atoms with E-state index >= 15 is 0 Å². The first kappa shape index (κ1) is 58.3. The maximum Gasteiger partial charge on any atom is 0.222 e. The molecular weight excluding hydrogens is 940 g/mol. The second kappa shape index (κ2) is 25.7. The Balaban J connectivity index is 1.62. The minimum absolute atomic E-state index is 0.0670. The number of rotatable bonds is 20. The van der Waals surface area contributed by atoms with Crippen molar-refractivity contribution in [3.05, 3.63) is 0 Å². The highest BCUT2D eigenvalue weighted by Gasteiger charge is 2.69. The van der Waals surface area contributed by atoms with Gasteiger partial charge in [-0.05, 0) is 0 Å². The van der Waals surface area contributed by atoms with Crippen molar-refractivity contribution < 1.29 is 118 Å². The summed E-state index contributed by atoms with van der Waals surface area (Å²) in [5.74, 6) is -9.40. The van der Waals surface area contributed by atoms with Gasteiger partial charge in [-0.3, -0.25) is 0 Å². The van der Waals surface area contributed by atoms with Crippen molar-refractivity contribution in [1.82, 2.24) is 0 Å². The fourth-order valence-electron chi connectivity index (χ4n) is 11.1. The van der Waals surface area contributed by atoms with Crippen LogP contribution >= 0.6 is 0 Å². The molecule has 0 amide bonds. The summed E-state index contributed by atoms with van der Waals surface area (Å²) in [6.07, 6.45) is -12.8. The Kier molecular flexibility index (Phi) is 21.4. The van der Waals surface area contributed by atoms with E-state index in [0.29, 0.717) is 0 Å². The van der Waals surface area contributed by atoms with Crippen LogP contribution in [-0.2, 0) is 118 Å². The monoisotopic (exact) mass is 1020 g/mol. The normalized spacial score (nSPS) is 46.1. The van der Waals surface area contributed by atoms with Crippen LogP contribution in [0.15, 0.2) is 0 Å². The molecule has 6 aliphatic heterocycles. The van der Waals surface area contributed by atoms with Crippen LogP contribution in [0, 0.1) is 0 Å². The molecule has 5 spiro atoms. The Morgan fingerprint density at radius 1 is 0.257 bits per heavy atom. The van der Waals surface area contributed by atoms with Crippen molar-refractivity contribution in [2.75, 3.05) is 173 Å². The third-order valence-electron chi connectivity index (χ3n) is 14.1. The lowest BCUT2D eigenvalue weighted by Gasteiger charge is -2.42. The van der Waals surface area contributed by atoms with Gasteiger partial charge in [0.25, 0.3) is 0 Å². The standard InChI is InChI=1S/C45H80O25/c1-46-16-26-31(51-6)36(56-11)41(66-26)21-62-43(38(58-13)33(53-8)28(68-43)18-48-3)23-64-45(40(60-15)35(55-10)30(70-45)20-50-5)25-65-44(39(59-14)34(54-9)29(69-44)19-49-4)24-63-42(22-61-41)37(57-12)32(52-7)27(67-42)17-47-2/h26-40H,16-25H2,1-15H3/t26-,27-,28-,29-,30-,31-,32-,33-,34-,35-,36+,37+,38+,39+,40+,41-,42-,43-,44-,45-/m1/s1. The molecule has 25 nitrogen and oxygen atoms in total. The van der Waals surface area contributed by atoms with Gasteiger partial charge in [0.2, 0.25) is 28.9 Å². The van der Waals surface area contributed by atoms with Crippen molar-refractivity contribution in [3.63, 3.8) is 0 Å². The molecule has 0 saturated carbocycles. The molecule has 25 heteroatoms. The first-order valence-corrected chi connectivity index (χ1v) is 23.2. The summed E-state index contributed by atoms with van der Waals surface area (Å²) in [6.45, 7) is -1.86. The summed E-state index contributed by atoms with van der Waals surface area (Å²) in [6, 6.07) is 0. The molecule has 6 aliphatic rings. The molecule has 6 saturated heterocycles. The lowest BCUT2D eigenvalue weighted by molar-refractivity contribution is -0.377. The van der Waals surface area contributed by atoms with E-state index in [-0.39, 0.29) is 33.0 Å². The molecule has 0 radical (unpaired) electrons. The zero-order chi connectivity index (χ0) is 50.9. The first-order valence-electron chi connectivity index (χ1n) is 23.2. The lowest BCUT2D eigenvalue weighted by Crippen LogP contribution is -2.60. The van der Waals surface area contributed by atoms with Gasteiger partial charge < -0.3 is 118 Å². The van der Waals surface area contributed by atoms with Crippen LogP contribution in [0.3, 0.4) is 0 Å². The first-order chi connectivity index (χ1) is 33.9. The molecular formula is C45H80O25. The smallest absolute Gasteiger partial charge is 0.222 e. The fourth-order valence-corrected chi connectivity index (χ4v) is 11.1. The summed E-state index contributed by atoms with van der Waals surface area (Å²) in [4.78, 5) is 0. The fraction of sp³-hybridized carbons (Fsp3) is 1.00. The number of ether oxygens (including phenoxy) is 25. The van der Waals surface area contributed by atoms with Gasteiger partial charge in [-0.1, -0.05) is 0 Å². The summed E-state index contributed by atoms with van der Waals surface area (Å²) in [7, 11) is 22.9. The molecule has 410 valence electrons. The minimum atomic E-state index is -1.88. The average molecular weight is 1020 g/mol. The quantitative estimate of drug-likeness (QED) is 0.142. The van der Waals surface area contributed by atoms with Gasteiger partial charge in [0.15, 0.2) is 0 Å². The Bertz CT molecular complexity index is 1270. The highest BCUT2D eigenvalue weighted by molar-refractivity contribution is 5.08. The summed E-state index contributed by atoms with van der Waals surface area (Å²) >= 11 is 0. The van der Waals surface area contributed by atoms with Gasteiger partial charge in [-0.25, -0.2) is 0 Å². The van der Waals surface area contributed by atoms with Crippen LogP contribution in [0.2, 0.25) is 0 Å². The highest BCUT2D eigenvalue weighted by atomic mass is 16.8. The number of hydrogen-bond acceptors (Lipinski definition) is 25. The molecule has 0 aromatic carbocycles. The van der Waals surface area contributed by atoms with E-state index in [1.807, 2.05) is 0 Å². The molecule has 6 rings (SSSR count). The van der Waals surface area contributed by atoms with Gasteiger partial charge in [0.1, 0.15) is 125 Å². The Morgan fingerprint density at radius 2 is 0.414 bits per heavy atom. The second-order valence-corrected chi connectivity index (χ2v) is 17.8. The molecule has 6 heterocycles. The minimum Gasteiger partial charge on any atom is -0.382 e. The maximum atomic E-state index is 7.11. The molecule has 0 aromatic heterocycles. The van der Waals surface area contributed by atoms with Crippen LogP contribution in [0.25, 0.3) is 0 Å². The van der Waals surface area contributed by atoms with Gasteiger partial charge in [0.05, 0.1) is 33.0 Å². The Labute approximate surface area is 411 Å². The van der Waals surface area contributed by atoms with Gasteiger partial charge in [0, 0.05) is 107 Å². The molecule has 0 unspecified atom stereocenters. The molecule has 70 heavy (non-hydrogen) atoms. The van der Waals surface area contributed by atoms with E-state index in [9.17, 15) is 0 Å².